The molecule has 0 radical (unpaired) electrons. The quantitative estimate of drug-likeness (QED) is 0.903. The van der Waals surface area contributed by atoms with Crippen molar-refractivity contribution in [2.24, 2.45) is 5.92 Å². The fourth-order valence-corrected chi connectivity index (χ4v) is 3.17. The highest BCUT2D eigenvalue weighted by molar-refractivity contribution is 5.85. The Balaban J connectivity index is 0.00000120. The fraction of sp³-hybridized carbons (Fsp3) is 0.600. The zero-order valence-electron chi connectivity index (χ0n) is 11.1. The Morgan fingerprint density at radius 2 is 2.28 bits per heavy atom. The molecule has 1 unspecified atom stereocenters. The number of halogens is 1. The van der Waals surface area contributed by atoms with Crippen molar-refractivity contribution in [2.45, 2.75) is 32.7 Å². The second-order valence-corrected chi connectivity index (χ2v) is 5.43. The molecular formula is C15H23ClN2. The lowest BCUT2D eigenvalue weighted by Crippen LogP contribution is -2.20. The number of fused-ring (bicyclic) bond motifs is 1. The number of benzene rings is 1. The van der Waals surface area contributed by atoms with Gasteiger partial charge in [-0.2, -0.15) is 0 Å². The molecule has 3 heteroatoms. The van der Waals surface area contributed by atoms with Gasteiger partial charge in [0, 0.05) is 25.3 Å². The van der Waals surface area contributed by atoms with Crippen LogP contribution in [0, 0.1) is 5.92 Å². The molecule has 1 fully saturated rings. The maximum absolute atomic E-state index is 3.54. The van der Waals surface area contributed by atoms with Gasteiger partial charge in [0.05, 0.1) is 0 Å². The Hall–Kier alpha value is -0.730. The van der Waals surface area contributed by atoms with E-state index >= 15 is 0 Å². The molecule has 2 aliphatic heterocycles. The van der Waals surface area contributed by atoms with Crippen LogP contribution in [0.15, 0.2) is 18.2 Å². The number of hydrogen-bond donors (Lipinski definition) is 1. The molecule has 1 aromatic rings. The van der Waals surface area contributed by atoms with E-state index in [0.29, 0.717) is 0 Å². The predicted molar refractivity (Wildman–Crippen MR) is 79.6 cm³/mol. The van der Waals surface area contributed by atoms with Gasteiger partial charge < -0.3 is 5.32 Å². The maximum atomic E-state index is 3.54. The molecule has 3 rings (SSSR count). The SMILES string of the molecule is CCC1CCN(Cc2cccc3c2NCC3)C1.Cl. The summed E-state index contributed by atoms with van der Waals surface area (Å²) in [5, 5.41) is 3.54. The number of para-hydroxylation sites is 1. The van der Waals surface area contributed by atoms with E-state index in [4.69, 9.17) is 0 Å². The van der Waals surface area contributed by atoms with Crippen LogP contribution in [0.5, 0.6) is 0 Å². The minimum Gasteiger partial charge on any atom is -0.384 e. The number of nitrogens with zero attached hydrogens (tertiary/aromatic N) is 1. The van der Waals surface area contributed by atoms with Gasteiger partial charge in [-0.25, -0.2) is 0 Å². The molecule has 0 bridgehead atoms. The monoisotopic (exact) mass is 266 g/mol. The summed E-state index contributed by atoms with van der Waals surface area (Å²) in [5.74, 6) is 0.930. The van der Waals surface area contributed by atoms with Crippen molar-refractivity contribution in [3.05, 3.63) is 29.3 Å². The molecular weight excluding hydrogens is 244 g/mol. The van der Waals surface area contributed by atoms with E-state index < -0.39 is 0 Å². The molecule has 2 nitrogen and oxygen atoms in total. The van der Waals surface area contributed by atoms with Crippen molar-refractivity contribution in [3.8, 4) is 0 Å². The van der Waals surface area contributed by atoms with Gasteiger partial charge in [0.2, 0.25) is 0 Å². The minimum absolute atomic E-state index is 0. The minimum atomic E-state index is 0. The lowest BCUT2D eigenvalue weighted by Gasteiger charge is -2.18. The number of rotatable bonds is 3. The van der Waals surface area contributed by atoms with Crippen LogP contribution in [0.4, 0.5) is 5.69 Å². The Kier molecular flexibility index (Phi) is 4.52. The molecule has 100 valence electrons. The first-order chi connectivity index (χ1) is 8.36. The fourth-order valence-electron chi connectivity index (χ4n) is 3.17. The van der Waals surface area contributed by atoms with E-state index in [2.05, 4.69) is 35.3 Å². The second kappa shape index (κ2) is 5.94. The number of likely N-dealkylation sites (tertiary alicyclic amines) is 1. The third kappa shape index (κ3) is 2.65. The number of anilines is 1. The van der Waals surface area contributed by atoms with Crippen molar-refractivity contribution in [1.29, 1.82) is 0 Å². The topological polar surface area (TPSA) is 15.3 Å². The van der Waals surface area contributed by atoms with E-state index in [0.717, 1.165) is 19.0 Å². The first-order valence-electron chi connectivity index (χ1n) is 6.94. The highest BCUT2D eigenvalue weighted by Crippen LogP contribution is 2.29. The highest BCUT2D eigenvalue weighted by Gasteiger charge is 2.22. The van der Waals surface area contributed by atoms with Crippen LogP contribution in [0.1, 0.15) is 30.9 Å². The summed E-state index contributed by atoms with van der Waals surface area (Å²) in [6.07, 6.45) is 3.92. The molecule has 2 heterocycles. The Morgan fingerprint density at radius 1 is 1.39 bits per heavy atom. The summed E-state index contributed by atoms with van der Waals surface area (Å²) >= 11 is 0. The lowest BCUT2D eigenvalue weighted by molar-refractivity contribution is 0.315. The van der Waals surface area contributed by atoms with E-state index in [1.807, 2.05) is 0 Å². The molecule has 1 atom stereocenters. The van der Waals surface area contributed by atoms with Gasteiger partial charge in [0.1, 0.15) is 0 Å². The van der Waals surface area contributed by atoms with Crippen LogP contribution in [-0.4, -0.2) is 24.5 Å². The van der Waals surface area contributed by atoms with Crippen LogP contribution in [-0.2, 0) is 13.0 Å². The summed E-state index contributed by atoms with van der Waals surface area (Å²) in [4.78, 5) is 2.61. The molecule has 0 aromatic heterocycles. The van der Waals surface area contributed by atoms with Crippen molar-refractivity contribution in [1.82, 2.24) is 4.90 Å². The molecule has 1 N–H and O–H groups in total. The second-order valence-electron chi connectivity index (χ2n) is 5.43. The van der Waals surface area contributed by atoms with Crippen molar-refractivity contribution < 1.29 is 0 Å². The van der Waals surface area contributed by atoms with Crippen LogP contribution >= 0.6 is 12.4 Å². The zero-order chi connectivity index (χ0) is 11.7. The van der Waals surface area contributed by atoms with Crippen molar-refractivity contribution in [2.75, 3.05) is 25.0 Å². The van der Waals surface area contributed by atoms with Crippen molar-refractivity contribution in [3.63, 3.8) is 0 Å². The molecule has 18 heavy (non-hydrogen) atoms. The molecule has 1 saturated heterocycles. The predicted octanol–water partition coefficient (Wildman–Crippen LogP) is 3.31. The van der Waals surface area contributed by atoms with Gasteiger partial charge >= 0.3 is 0 Å². The number of hydrogen-bond acceptors (Lipinski definition) is 2. The van der Waals surface area contributed by atoms with Gasteiger partial charge in [-0.1, -0.05) is 31.5 Å². The smallest absolute Gasteiger partial charge is 0.0419 e. The summed E-state index contributed by atoms with van der Waals surface area (Å²) in [5.41, 5.74) is 4.43. The van der Waals surface area contributed by atoms with Crippen LogP contribution in [0.25, 0.3) is 0 Å². The summed E-state index contributed by atoms with van der Waals surface area (Å²) in [6, 6.07) is 6.77. The standard InChI is InChI=1S/C15H22N2.ClH/c1-2-12-7-9-17(10-12)11-14-5-3-4-13-6-8-16-15(13)14;/h3-5,12,16H,2,6-11H2,1H3;1H. The van der Waals surface area contributed by atoms with Gasteiger partial charge in [-0.15, -0.1) is 12.4 Å². The van der Waals surface area contributed by atoms with Crippen LogP contribution < -0.4 is 5.32 Å². The Morgan fingerprint density at radius 3 is 3.06 bits per heavy atom. The molecule has 0 aliphatic carbocycles. The molecule has 0 amide bonds. The summed E-state index contributed by atoms with van der Waals surface area (Å²) in [7, 11) is 0. The largest absolute Gasteiger partial charge is 0.384 e. The average Bonchev–Trinajstić information content (AvgIpc) is 2.97. The highest BCUT2D eigenvalue weighted by atomic mass is 35.5. The van der Waals surface area contributed by atoms with E-state index in [-0.39, 0.29) is 12.4 Å². The third-order valence-corrected chi connectivity index (χ3v) is 4.27. The van der Waals surface area contributed by atoms with Gasteiger partial charge in [0.15, 0.2) is 0 Å². The third-order valence-electron chi connectivity index (χ3n) is 4.27. The Labute approximate surface area is 116 Å². The summed E-state index contributed by atoms with van der Waals surface area (Å²) in [6.45, 7) is 7.13. The molecule has 2 aliphatic rings. The van der Waals surface area contributed by atoms with E-state index in [9.17, 15) is 0 Å². The molecule has 0 spiro atoms. The zero-order valence-corrected chi connectivity index (χ0v) is 11.9. The molecule has 1 aromatic carbocycles. The Bertz CT molecular complexity index is 405. The number of nitrogens with one attached hydrogen (secondary N) is 1. The normalized spacial score (nSPS) is 22.4. The lowest BCUT2D eigenvalue weighted by atomic mass is 10.1. The maximum Gasteiger partial charge on any atom is 0.0419 e. The van der Waals surface area contributed by atoms with Gasteiger partial charge in [0.25, 0.3) is 0 Å². The summed E-state index contributed by atoms with van der Waals surface area (Å²) < 4.78 is 0. The first kappa shape index (κ1) is 13.7. The molecule has 0 saturated carbocycles. The average molecular weight is 267 g/mol. The first-order valence-corrected chi connectivity index (χ1v) is 6.94. The van der Waals surface area contributed by atoms with Crippen LogP contribution in [0.2, 0.25) is 0 Å². The van der Waals surface area contributed by atoms with Gasteiger partial charge in [-0.3, -0.25) is 4.90 Å². The van der Waals surface area contributed by atoms with Gasteiger partial charge in [-0.05, 0) is 36.4 Å². The van der Waals surface area contributed by atoms with Crippen molar-refractivity contribution >= 4 is 18.1 Å². The van der Waals surface area contributed by atoms with Crippen LogP contribution in [0.3, 0.4) is 0 Å². The van der Waals surface area contributed by atoms with E-state index in [1.54, 1.807) is 0 Å². The van der Waals surface area contributed by atoms with E-state index in [1.165, 1.54) is 49.2 Å².